The minimum Gasteiger partial charge on any atom is -0.308 e. The van der Waals surface area contributed by atoms with E-state index in [1.54, 1.807) is 0 Å². The molecule has 0 fully saturated rings. The first-order valence-corrected chi connectivity index (χ1v) is 20.7. The lowest BCUT2D eigenvalue weighted by molar-refractivity contribution is 0.660. The average molecular weight is 742 g/mol. The third-order valence-electron chi connectivity index (χ3n) is 12.2. The van der Waals surface area contributed by atoms with Crippen molar-refractivity contribution in [2.45, 2.75) is 70.6 Å². The zero-order chi connectivity index (χ0) is 38.9. The first-order valence-electron chi connectivity index (χ1n) is 19.9. The number of aryl methyl sites for hydroxylation is 6. The van der Waals surface area contributed by atoms with Crippen molar-refractivity contribution in [3.05, 3.63) is 189 Å². The lowest BCUT2D eigenvalue weighted by Gasteiger charge is -2.33. The molecule has 0 N–H and O–H groups in total. The van der Waals surface area contributed by atoms with Crippen LogP contribution in [0.3, 0.4) is 0 Å². The maximum atomic E-state index is 2.44. The lowest BCUT2D eigenvalue weighted by Crippen LogP contribution is -2.55. The van der Waals surface area contributed by atoms with Crippen LogP contribution in [0.5, 0.6) is 0 Å². The molecule has 0 saturated carbocycles. The minimum atomic E-state index is -0.136. The van der Waals surface area contributed by atoms with Crippen LogP contribution in [0.2, 0.25) is 0 Å². The van der Waals surface area contributed by atoms with E-state index in [9.17, 15) is 0 Å². The summed E-state index contributed by atoms with van der Waals surface area (Å²) in [6, 6.07) is 50.3. The number of fused-ring (bicyclic) bond motifs is 5. The van der Waals surface area contributed by atoms with Crippen molar-refractivity contribution in [1.29, 1.82) is 0 Å². The Morgan fingerprint density at radius 1 is 0.500 bits per heavy atom. The van der Waals surface area contributed by atoms with E-state index in [1.807, 2.05) is 11.8 Å². The SMILES string of the molecule is Cc1cc(C)c(B(c2ccc(C=Cc3ccc4c(c3)C(C)(C)c3cc(N5c6ccccc6Sc6ccccc65)ccc3-4)cc2)c2c(C)cc(C)cc2C)c(C)c1. The van der Waals surface area contributed by atoms with Crippen LogP contribution in [0.4, 0.5) is 17.1 Å². The summed E-state index contributed by atoms with van der Waals surface area (Å²) in [6.45, 7) is 18.5. The smallest absolute Gasteiger partial charge is 0.242 e. The van der Waals surface area contributed by atoms with E-state index >= 15 is 0 Å². The highest BCUT2D eigenvalue weighted by Crippen LogP contribution is 2.54. The third kappa shape index (κ3) is 6.14. The van der Waals surface area contributed by atoms with Crippen molar-refractivity contribution in [1.82, 2.24) is 0 Å². The summed E-state index contributed by atoms with van der Waals surface area (Å²) >= 11 is 1.85. The van der Waals surface area contributed by atoms with Gasteiger partial charge in [0.05, 0.1) is 11.4 Å². The fourth-order valence-electron chi connectivity index (χ4n) is 9.73. The van der Waals surface area contributed by atoms with Gasteiger partial charge >= 0.3 is 0 Å². The topological polar surface area (TPSA) is 3.24 Å². The number of anilines is 3. The van der Waals surface area contributed by atoms with Crippen LogP contribution in [-0.4, -0.2) is 6.71 Å². The van der Waals surface area contributed by atoms with Crippen LogP contribution in [0.1, 0.15) is 69.5 Å². The summed E-state index contributed by atoms with van der Waals surface area (Å²) in [5.41, 5.74) is 23.6. The Balaban J connectivity index is 1.02. The summed E-state index contributed by atoms with van der Waals surface area (Å²) in [4.78, 5) is 5.01. The van der Waals surface area contributed by atoms with E-state index in [4.69, 9.17) is 0 Å². The van der Waals surface area contributed by atoms with Crippen LogP contribution in [0.15, 0.2) is 143 Å². The van der Waals surface area contributed by atoms with Crippen molar-refractivity contribution < 1.29 is 0 Å². The Kier molecular flexibility index (Phi) is 8.98. The molecule has 9 rings (SSSR count). The van der Waals surface area contributed by atoms with Crippen molar-refractivity contribution >= 4 is 64.1 Å². The molecule has 7 aromatic rings. The molecule has 0 unspecified atom stereocenters. The molecular weight excluding hydrogens is 693 g/mol. The molecule has 2 aliphatic rings. The maximum absolute atomic E-state index is 2.44. The van der Waals surface area contributed by atoms with Gasteiger partial charge in [-0.1, -0.05) is 185 Å². The number of hydrogen-bond acceptors (Lipinski definition) is 2. The van der Waals surface area contributed by atoms with Gasteiger partial charge in [0.25, 0.3) is 0 Å². The maximum Gasteiger partial charge on any atom is 0.242 e. The number of hydrogen-bond donors (Lipinski definition) is 0. The zero-order valence-electron chi connectivity index (χ0n) is 33.8. The number of para-hydroxylation sites is 2. The molecule has 0 amide bonds. The van der Waals surface area contributed by atoms with E-state index in [-0.39, 0.29) is 12.1 Å². The van der Waals surface area contributed by atoms with Crippen LogP contribution in [0, 0.1) is 41.5 Å². The van der Waals surface area contributed by atoms with Gasteiger partial charge in [0.1, 0.15) is 0 Å². The van der Waals surface area contributed by atoms with Crippen molar-refractivity contribution in [3.63, 3.8) is 0 Å². The first-order chi connectivity index (χ1) is 27.0. The summed E-state index contributed by atoms with van der Waals surface area (Å²) in [5, 5.41) is 0. The Bertz CT molecular complexity index is 2570. The van der Waals surface area contributed by atoms with Gasteiger partial charge in [-0.15, -0.1) is 0 Å². The molecular formula is C53H48BNS. The Morgan fingerprint density at radius 2 is 0.964 bits per heavy atom. The highest BCUT2D eigenvalue weighted by molar-refractivity contribution is 7.99. The van der Waals surface area contributed by atoms with Gasteiger partial charge < -0.3 is 4.90 Å². The quantitative estimate of drug-likeness (QED) is 0.123. The second kappa shape index (κ2) is 13.9. The highest BCUT2D eigenvalue weighted by atomic mass is 32.2. The average Bonchev–Trinajstić information content (AvgIpc) is 3.39. The van der Waals surface area contributed by atoms with Crippen molar-refractivity contribution in [2.24, 2.45) is 0 Å². The molecule has 1 aliphatic carbocycles. The standard InChI is InChI=1S/C53H48BNS/c1-33-27-35(3)51(36(4)28-33)54(52-37(5)29-34(2)30-38(52)6)41-22-19-39(20-23-41)17-18-40-21-25-43-44-26-24-42(32-46(44)53(7,8)45(43)31-40)55-47-13-9-11-15-49(47)56-50-16-12-10-14-48(50)55/h9-32H,1-8H3. The van der Waals surface area contributed by atoms with E-state index < -0.39 is 0 Å². The largest absolute Gasteiger partial charge is 0.308 e. The molecule has 7 aromatic carbocycles. The normalized spacial score (nSPS) is 13.7. The summed E-state index contributed by atoms with van der Waals surface area (Å²) in [5.74, 6) is 0. The second-order valence-electron chi connectivity index (χ2n) is 16.6. The number of rotatable bonds is 6. The fraction of sp³-hybridized carbons (Fsp3) is 0.170. The zero-order valence-corrected chi connectivity index (χ0v) is 34.6. The van der Waals surface area contributed by atoms with Gasteiger partial charge in [-0.25, -0.2) is 0 Å². The van der Waals surface area contributed by atoms with Crippen LogP contribution in [0.25, 0.3) is 23.3 Å². The van der Waals surface area contributed by atoms with Gasteiger partial charge in [0, 0.05) is 20.9 Å². The Morgan fingerprint density at radius 3 is 1.52 bits per heavy atom. The van der Waals surface area contributed by atoms with Gasteiger partial charge in [-0.2, -0.15) is 0 Å². The van der Waals surface area contributed by atoms with Gasteiger partial charge in [0.15, 0.2) is 0 Å². The van der Waals surface area contributed by atoms with E-state index in [0.717, 1.165) is 0 Å². The Hall–Kier alpha value is -5.51. The minimum absolute atomic E-state index is 0.136. The van der Waals surface area contributed by atoms with Gasteiger partial charge in [0.2, 0.25) is 6.71 Å². The predicted molar refractivity (Wildman–Crippen MR) is 244 cm³/mol. The molecule has 0 bridgehead atoms. The van der Waals surface area contributed by atoms with E-state index in [1.165, 1.54) is 110 Å². The summed E-state index contributed by atoms with van der Waals surface area (Å²) in [6.07, 6.45) is 4.54. The molecule has 0 radical (unpaired) electrons. The molecule has 3 heteroatoms. The van der Waals surface area contributed by atoms with Crippen LogP contribution >= 0.6 is 11.8 Å². The highest BCUT2D eigenvalue weighted by Gasteiger charge is 2.37. The second-order valence-corrected chi connectivity index (χ2v) is 17.7. The lowest BCUT2D eigenvalue weighted by atomic mass is 9.34. The fourth-order valence-corrected chi connectivity index (χ4v) is 10.8. The molecule has 0 spiro atoms. The molecule has 0 saturated heterocycles. The van der Waals surface area contributed by atoms with Crippen LogP contribution in [-0.2, 0) is 5.41 Å². The van der Waals surface area contributed by atoms with E-state index in [0.29, 0.717) is 0 Å². The molecule has 1 heterocycles. The molecule has 56 heavy (non-hydrogen) atoms. The molecule has 0 aromatic heterocycles. The molecule has 0 atom stereocenters. The first kappa shape index (κ1) is 36.2. The molecule has 1 nitrogen and oxygen atoms in total. The van der Waals surface area contributed by atoms with Crippen LogP contribution < -0.4 is 21.3 Å². The number of nitrogens with zero attached hydrogens (tertiary/aromatic N) is 1. The Labute approximate surface area is 338 Å². The van der Waals surface area contributed by atoms with Crippen molar-refractivity contribution in [2.75, 3.05) is 4.90 Å². The molecule has 1 aliphatic heterocycles. The summed E-state index contributed by atoms with van der Waals surface area (Å²) in [7, 11) is 0. The van der Waals surface area contributed by atoms with Gasteiger partial charge in [-0.3, -0.25) is 0 Å². The predicted octanol–water partition coefficient (Wildman–Crippen LogP) is 12.5. The summed E-state index contributed by atoms with van der Waals surface area (Å²) < 4.78 is 0. The molecule has 274 valence electrons. The van der Waals surface area contributed by atoms with Crippen molar-refractivity contribution in [3.8, 4) is 11.1 Å². The third-order valence-corrected chi connectivity index (χ3v) is 13.3. The van der Waals surface area contributed by atoms with Gasteiger partial charge in [-0.05, 0) is 111 Å². The monoisotopic (exact) mass is 741 g/mol. The number of benzene rings is 7. The van der Waals surface area contributed by atoms with E-state index in [2.05, 4.69) is 206 Å².